The number of fused-ring (bicyclic) bond motifs is 3. The maximum absolute atomic E-state index is 5.70. The van der Waals surface area contributed by atoms with E-state index in [9.17, 15) is 0 Å². The van der Waals surface area contributed by atoms with Crippen LogP contribution in [0.3, 0.4) is 0 Å². The number of hydrogen-bond acceptors (Lipinski definition) is 3. The number of thioether (sulfide) groups is 1. The fourth-order valence-corrected chi connectivity index (χ4v) is 7.27. The van der Waals surface area contributed by atoms with Crippen molar-refractivity contribution in [3.8, 4) is 0 Å². The molecule has 0 spiro atoms. The summed E-state index contributed by atoms with van der Waals surface area (Å²) in [5, 5.41) is 1.65. The van der Waals surface area contributed by atoms with E-state index in [1.54, 1.807) is 0 Å². The van der Waals surface area contributed by atoms with E-state index in [-0.39, 0.29) is 0 Å². The number of ether oxygens (including phenoxy) is 2. The molecule has 2 nitrogen and oxygen atoms in total. The van der Waals surface area contributed by atoms with E-state index in [1.165, 1.54) is 25.7 Å². The lowest BCUT2D eigenvalue weighted by molar-refractivity contribution is -0.00953. The lowest BCUT2D eigenvalue weighted by atomic mass is 9.67. The summed E-state index contributed by atoms with van der Waals surface area (Å²) in [7, 11) is 3.77. The van der Waals surface area contributed by atoms with Crippen molar-refractivity contribution in [2.45, 2.75) is 62.2 Å². The predicted octanol–water partition coefficient (Wildman–Crippen LogP) is 3.59. The summed E-state index contributed by atoms with van der Waals surface area (Å²) in [5.74, 6) is 3.31. The first-order chi connectivity index (χ1) is 9.17. The molecule has 110 valence electrons. The molecule has 0 aromatic heterocycles. The van der Waals surface area contributed by atoms with Crippen molar-refractivity contribution < 1.29 is 9.47 Å². The molecule has 0 aromatic rings. The molecule has 2 saturated carbocycles. The van der Waals surface area contributed by atoms with Gasteiger partial charge in [-0.3, -0.25) is 0 Å². The second-order valence-electron chi connectivity index (χ2n) is 6.81. The highest BCUT2D eigenvalue weighted by atomic mass is 32.2. The molecular weight excluding hydrogens is 256 g/mol. The molecule has 8 atom stereocenters. The fourth-order valence-electron chi connectivity index (χ4n) is 4.98. The minimum absolute atomic E-state index is 0.488. The van der Waals surface area contributed by atoms with Crippen molar-refractivity contribution >= 4 is 11.8 Å². The summed E-state index contributed by atoms with van der Waals surface area (Å²) in [4.78, 5) is 0. The Labute approximate surface area is 122 Å². The maximum Gasteiger partial charge on any atom is 0.0607 e. The third-order valence-electron chi connectivity index (χ3n) is 6.09. The normalized spacial score (nSPS) is 53.7. The van der Waals surface area contributed by atoms with Crippen LogP contribution in [0.2, 0.25) is 0 Å². The quantitative estimate of drug-likeness (QED) is 0.772. The summed E-state index contributed by atoms with van der Waals surface area (Å²) in [5.41, 5.74) is 0. The third kappa shape index (κ3) is 2.26. The van der Waals surface area contributed by atoms with Gasteiger partial charge in [-0.1, -0.05) is 13.8 Å². The highest BCUT2D eigenvalue weighted by molar-refractivity contribution is 8.00. The van der Waals surface area contributed by atoms with Crippen LogP contribution in [0.4, 0.5) is 0 Å². The molecule has 0 bridgehead atoms. The van der Waals surface area contributed by atoms with Gasteiger partial charge in [-0.15, -0.1) is 0 Å². The molecule has 1 saturated heterocycles. The fraction of sp³-hybridized carbons (Fsp3) is 1.00. The highest BCUT2D eigenvalue weighted by Gasteiger charge is 2.53. The Balaban J connectivity index is 1.76. The first kappa shape index (κ1) is 14.2. The van der Waals surface area contributed by atoms with Gasteiger partial charge >= 0.3 is 0 Å². The molecule has 8 unspecified atom stereocenters. The molecule has 0 amide bonds. The second-order valence-corrected chi connectivity index (χ2v) is 8.18. The van der Waals surface area contributed by atoms with Crippen molar-refractivity contribution in [3.05, 3.63) is 0 Å². The summed E-state index contributed by atoms with van der Waals surface area (Å²) >= 11 is 2.27. The summed E-state index contributed by atoms with van der Waals surface area (Å²) in [6.45, 7) is 4.82. The van der Waals surface area contributed by atoms with E-state index >= 15 is 0 Å². The molecule has 1 heterocycles. The van der Waals surface area contributed by atoms with Crippen LogP contribution in [0.15, 0.2) is 0 Å². The van der Waals surface area contributed by atoms with Crippen LogP contribution in [-0.4, -0.2) is 36.9 Å². The molecule has 2 aliphatic carbocycles. The molecule has 0 N–H and O–H groups in total. The van der Waals surface area contributed by atoms with Gasteiger partial charge in [-0.25, -0.2) is 0 Å². The zero-order valence-electron chi connectivity index (χ0n) is 12.7. The monoisotopic (exact) mass is 284 g/mol. The van der Waals surface area contributed by atoms with Crippen molar-refractivity contribution in [2.24, 2.45) is 23.7 Å². The zero-order chi connectivity index (χ0) is 13.6. The smallest absolute Gasteiger partial charge is 0.0607 e. The van der Waals surface area contributed by atoms with Crippen molar-refractivity contribution in [3.63, 3.8) is 0 Å². The summed E-state index contributed by atoms with van der Waals surface area (Å²) in [6.07, 6.45) is 6.28. The van der Waals surface area contributed by atoms with Gasteiger partial charge in [0.2, 0.25) is 0 Å². The highest BCUT2D eigenvalue weighted by Crippen LogP contribution is 2.58. The first-order valence-electron chi connectivity index (χ1n) is 7.88. The molecule has 3 aliphatic rings. The lowest BCUT2D eigenvalue weighted by Gasteiger charge is -2.40. The largest absolute Gasteiger partial charge is 0.381 e. The van der Waals surface area contributed by atoms with Crippen LogP contribution in [0.25, 0.3) is 0 Å². The van der Waals surface area contributed by atoms with Crippen molar-refractivity contribution in [1.82, 2.24) is 0 Å². The van der Waals surface area contributed by atoms with Gasteiger partial charge < -0.3 is 9.47 Å². The molecule has 3 fully saturated rings. The summed E-state index contributed by atoms with van der Waals surface area (Å²) in [6, 6.07) is 0. The van der Waals surface area contributed by atoms with E-state index in [1.807, 2.05) is 14.2 Å². The van der Waals surface area contributed by atoms with Crippen LogP contribution < -0.4 is 0 Å². The Hall–Kier alpha value is 0.270. The van der Waals surface area contributed by atoms with Gasteiger partial charge in [0, 0.05) is 24.7 Å². The van der Waals surface area contributed by atoms with Gasteiger partial charge in [0.25, 0.3) is 0 Å². The summed E-state index contributed by atoms with van der Waals surface area (Å²) < 4.78 is 11.4. The SMILES string of the molecule is COC1CCC2C3CCC(OC)C(C)C3SC2C1C. The number of methoxy groups -OCH3 is 2. The van der Waals surface area contributed by atoms with Crippen molar-refractivity contribution in [1.29, 1.82) is 0 Å². The Bertz CT molecular complexity index is 292. The first-order valence-corrected chi connectivity index (χ1v) is 8.82. The van der Waals surface area contributed by atoms with Gasteiger partial charge in [0.15, 0.2) is 0 Å². The van der Waals surface area contributed by atoms with Crippen LogP contribution in [0.5, 0.6) is 0 Å². The Kier molecular flexibility index (Phi) is 4.17. The Morgan fingerprint density at radius 3 is 1.53 bits per heavy atom. The van der Waals surface area contributed by atoms with Crippen molar-refractivity contribution in [2.75, 3.05) is 14.2 Å². The zero-order valence-corrected chi connectivity index (χ0v) is 13.5. The van der Waals surface area contributed by atoms with Crippen LogP contribution in [0, 0.1) is 23.7 Å². The molecule has 1 aliphatic heterocycles. The number of hydrogen-bond donors (Lipinski definition) is 0. The molecule has 0 aromatic carbocycles. The average Bonchev–Trinajstić information content (AvgIpc) is 2.80. The maximum atomic E-state index is 5.70. The predicted molar refractivity (Wildman–Crippen MR) is 80.5 cm³/mol. The molecule has 19 heavy (non-hydrogen) atoms. The van der Waals surface area contributed by atoms with Crippen LogP contribution >= 0.6 is 11.8 Å². The molecule has 3 heteroatoms. The topological polar surface area (TPSA) is 18.5 Å². The van der Waals surface area contributed by atoms with Gasteiger partial charge in [-0.2, -0.15) is 11.8 Å². The second kappa shape index (κ2) is 5.57. The van der Waals surface area contributed by atoms with E-state index in [0.717, 1.165) is 22.3 Å². The van der Waals surface area contributed by atoms with Gasteiger partial charge in [-0.05, 0) is 49.4 Å². The van der Waals surface area contributed by atoms with E-state index in [4.69, 9.17) is 9.47 Å². The lowest BCUT2D eigenvalue weighted by Crippen LogP contribution is -2.41. The van der Waals surface area contributed by atoms with E-state index in [2.05, 4.69) is 25.6 Å². The number of rotatable bonds is 2. The van der Waals surface area contributed by atoms with E-state index in [0.29, 0.717) is 24.0 Å². The van der Waals surface area contributed by atoms with Gasteiger partial charge in [0.05, 0.1) is 12.2 Å². The molecule has 0 radical (unpaired) electrons. The minimum atomic E-state index is 0.488. The Morgan fingerprint density at radius 2 is 1.16 bits per heavy atom. The average molecular weight is 284 g/mol. The Morgan fingerprint density at radius 1 is 0.737 bits per heavy atom. The van der Waals surface area contributed by atoms with Crippen LogP contribution in [-0.2, 0) is 9.47 Å². The third-order valence-corrected chi connectivity index (χ3v) is 8.28. The minimum Gasteiger partial charge on any atom is -0.381 e. The van der Waals surface area contributed by atoms with E-state index < -0.39 is 0 Å². The standard InChI is InChI=1S/C16H28O2S/c1-9-13(17-3)7-5-11-12-6-8-14(18-4)10(2)16(12)19-15(9)11/h9-16H,5-8H2,1-4H3. The van der Waals surface area contributed by atoms with Crippen LogP contribution in [0.1, 0.15) is 39.5 Å². The molecular formula is C16H28O2S. The van der Waals surface area contributed by atoms with Gasteiger partial charge in [0.1, 0.15) is 0 Å². The molecule has 3 rings (SSSR count).